The van der Waals surface area contributed by atoms with E-state index in [0.29, 0.717) is 0 Å². The molecule has 0 bridgehead atoms. The van der Waals surface area contributed by atoms with E-state index in [1.54, 1.807) is 0 Å². The van der Waals surface area contributed by atoms with Crippen molar-refractivity contribution >= 4 is 10.8 Å². The average Bonchev–Trinajstić information content (AvgIpc) is 2.92. The molecule has 0 saturated heterocycles. The zero-order valence-electron chi connectivity index (χ0n) is 12.2. The summed E-state index contributed by atoms with van der Waals surface area (Å²) < 4.78 is 129. The van der Waals surface area contributed by atoms with Crippen LogP contribution in [0.1, 0.15) is 16.7 Å². The smallest absolute Gasteiger partial charge is 0.251 e. The van der Waals surface area contributed by atoms with Crippen LogP contribution in [0.25, 0.3) is 5.69 Å². The van der Waals surface area contributed by atoms with Crippen LogP contribution in [0.2, 0.25) is 0 Å². The predicted octanol–water partition coefficient (Wildman–Crippen LogP) is 3.46. The number of aromatic nitrogens is 4. The summed E-state index contributed by atoms with van der Waals surface area (Å²) in [6.07, 6.45) is -16.5. The van der Waals surface area contributed by atoms with Gasteiger partial charge in [-0.05, 0) is 22.6 Å². The van der Waals surface area contributed by atoms with Gasteiger partial charge < -0.3 is 0 Å². The molecular formula is C11H5F9N4OS. The Morgan fingerprint density at radius 3 is 1.69 bits per heavy atom. The first-order valence-electron chi connectivity index (χ1n) is 6.16. The molecule has 2 rings (SSSR count). The fraction of sp³-hybridized carbons (Fsp3) is 0.364. The molecule has 1 aromatic carbocycles. The van der Waals surface area contributed by atoms with E-state index in [2.05, 4.69) is 15.5 Å². The fourth-order valence-electron chi connectivity index (χ4n) is 2.02. The summed E-state index contributed by atoms with van der Waals surface area (Å²) in [7, 11) is -2.05. The zero-order valence-corrected chi connectivity index (χ0v) is 13.0. The summed E-state index contributed by atoms with van der Waals surface area (Å²) in [6.45, 7) is 0. The van der Waals surface area contributed by atoms with Crippen molar-refractivity contribution < 1.29 is 43.7 Å². The van der Waals surface area contributed by atoms with Crippen molar-refractivity contribution in [2.24, 2.45) is 0 Å². The van der Waals surface area contributed by atoms with Gasteiger partial charge in [0.1, 0.15) is 0 Å². The topological polar surface area (TPSA) is 60.7 Å². The maximum Gasteiger partial charge on any atom is 0.417 e. The Morgan fingerprint density at radius 1 is 0.885 bits per heavy atom. The molecule has 0 saturated carbocycles. The van der Waals surface area contributed by atoms with Gasteiger partial charge in [-0.1, -0.05) is 5.10 Å². The van der Waals surface area contributed by atoms with E-state index in [1.807, 2.05) is 0 Å². The van der Waals surface area contributed by atoms with Crippen molar-refractivity contribution in [1.29, 1.82) is 0 Å². The first-order chi connectivity index (χ1) is 11.6. The molecular weight excluding hydrogens is 407 g/mol. The Bertz CT molecular complexity index is 818. The second-order valence-corrected chi connectivity index (χ2v) is 6.01. The van der Waals surface area contributed by atoms with Crippen LogP contribution in [-0.4, -0.2) is 30.7 Å². The van der Waals surface area contributed by atoms with Gasteiger partial charge >= 0.3 is 18.5 Å². The van der Waals surface area contributed by atoms with E-state index in [1.165, 1.54) is 0 Å². The van der Waals surface area contributed by atoms with Gasteiger partial charge in [0.15, 0.2) is 0 Å². The summed E-state index contributed by atoms with van der Waals surface area (Å²) in [5, 5.41) is 8.57. The lowest BCUT2D eigenvalue weighted by Crippen LogP contribution is -2.24. The van der Waals surface area contributed by atoms with Gasteiger partial charge in [-0.2, -0.15) is 44.2 Å². The first kappa shape index (κ1) is 20.1. The van der Waals surface area contributed by atoms with Crippen LogP contribution in [0.5, 0.6) is 0 Å². The molecule has 5 nitrogen and oxygen atoms in total. The third kappa shape index (κ3) is 3.81. The maximum atomic E-state index is 13.0. The molecule has 0 spiro atoms. The Hall–Kier alpha value is -2.19. The van der Waals surface area contributed by atoms with E-state index in [-0.39, 0.29) is 16.8 Å². The molecule has 0 amide bonds. The van der Waals surface area contributed by atoms with Gasteiger partial charge in [0.05, 0.1) is 33.2 Å². The highest BCUT2D eigenvalue weighted by Gasteiger charge is 2.50. The van der Waals surface area contributed by atoms with Crippen molar-refractivity contribution in [1.82, 2.24) is 20.2 Å². The molecule has 144 valence electrons. The average molecular weight is 412 g/mol. The molecule has 1 aromatic heterocycles. The first-order valence-corrected chi connectivity index (χ1v) is 7.71. The van der Waals surface area contributed by atoms with Crippen LogP contribution in [0.3, 0.4) is 0 Å². The molecule has 2 aromatic rings. The molecule has 26 heavy (non-hydrogen) atoms. The number of hydrogen-bond acceptors (Lipinski definition) is 4. The Morgan fingerprint density at radius 2 is 1.35 bits per heavy atom. The molecule has 0 aliphatic carbocycles. The van der Waals surface area contributed by atoms with E-state index in [0.717, 1.165) is 6.26 Å². The molecule has 0 fully saturated rings. The SMILES string of the molecule is CS(=O)c1nnnn1-c1cc(C(F)(F)F)c(C(F)(F)F)c(C(F)(F)F)c1. The van der Waals surface area contributed by atoms with Crippen LogP contribution in [-0.2, 0) is 29.3 Å². The third-order valence-electron chi connectivity index (χ3n) is 2.96. The summed E-state index contributed by atoms with van der Waals surface area (Å²) >= 11 is 0. The second-order valence-electron chi connectivity index (χ2n) is 4.74. The lowest BCUT2D eigenvalue weighted by Gasteiger charge is -2.22. The van der Waals surface area contributed by atoms with Crippen molar-refractivity contribution in [2.45, 2.75) is 23.7 Å². The van der Waals surface area contributed by atoms with E-state index < -0.39 is 56.9 Å². The molecule has 15 heteroatoms. The van der Waals surface area contributed by atoms with Gasteiger partial charge in [-0.3, -0.25) is 4.21 Å². The Balaban J connectivity index is 2.95. The Labute approximate surface area is 140 Å². The number of hydrogen-bond donors (Lipinski definition) is 0. The minimum atomic E-state index is -5.94. The molecule has 1 atom stereocenters. The standard InChI is InChI=1S/C11H5F9N4OS/c1-26(25)8-21-22-23-24(8)4-2-5(9(12,13)14)7(11(18,19)20)6(3-4)10(15,16)17/h2-3H,1H3. The van der Waals surface area contributed by atoms with Crippen LogP contribution in [0, 0.1) is 0 Å². The zero-order chi connectivity index (χ0) is 20.1. The van der Waals surface area contributed by atoms with Crippen LogP contribution < -0.4 is 0 Å². The van der Waals surface area contributed by atoms with Crippen molar-refractivity contribution in [3.8, 4) is 5.69 Å². The highest BCUT2D eigenvalue weighted by molar-refractivity contribution is 7.84. The van der Waals surface area contributed by atoms with E-state index in [9.17, 15) is 43.7 Å². The highest BCUT2D eigenvalue weighted by Crippen LogP contribution is 2.47. The molecule has 0 aliphatic heterocycles. The van der Waals surface area contributed by atoms with Gasteiger partial charge in [0, 0.05) is 6.26 Å². The molecule has 0 aliphatic rings. The van der Waals surface area contributed by atoms with Crippen LogP contribution in [0.15, 0.2) is 17.3 Å². The minimum Gasteiger partial charge on any atom is -0.251 e. The summed E-state index contributed by atoms with van der Waals surface area (Å²) in [4.78, 5) is 0. The molecule has 1 unspecified atom stereocenters. The number of rotatable bonds is 2. The normalized spacial score (nSPS) is 14.5. The predicted molar refractivity (Wildman–Crippen MR) is 66.5 cm³/mol. The van der Waals surface area contributed by atoms with Crippen molar-refractivity contribution in [2.75, 3.05) is 6.26 Å². The molecule has 0 N–H and O–H groups in total. The monoisotopic (exact) mass is 412 g/mol. The van der Waals surface area contributed by atoms with Crippen LogP contribution >= 0.6 is 0 Å². The second kappa shape index (κ2) is 6.21. The fourth-order valence-corrected chi connectivity index (χ4v) is 2.56. The third-order valence-corrected chi connectivity index (χ3v) is 3.73. The summed E-state index contributed by atoms with van der Waals surface area (Å²) in [5.41, 5.74) is -9.10. The van der Waals surface area contributed by atoms with Gasteiger partial charge in [-0.15, -0.1) is 0 Å². The summed E-state index contributed by atoms with van der Waals surface area (Å²) in [5.74, 6) is 0. The van der Waals surface area contributed by atoms with Gasteiger partial charge in [0.2, 0.25) is 5.16 Å². The number of halogens is 9. The number of benzene rings is 1. The molecule has 1 heterocycles. The lowest BCUT2D eigenvalue weighted by molar-refractivity contribution is -0.174. The maximum absolute atomic E-state index is 13.0. The molecule has 0 radical (unpaired) electrons. The number of nitrogens with zero attached hydrogens (tertiary/aromatic N) is 4. The lowest BCUT2D eigenvalue weighted by atomic mass is 9.98. The summed E-state index contributed by atoms with van der Waals surface area (Å²) in [6, 6.07) is -0.379. The van der Waals surface area contributed by atoms with Gasteiger partial charge in [-0.25, -0.2) is 0 Å². The Kier molecular flexibility index (Phi) is 4.80. The quantitative estimate of drug-likeness (QED) is 0.709. The van der Waals surface area contributed by atoms with Gasteiger partial charge in [0.25, 0.3) is 0 Å². The number of alkyl halides is 9. The van der Waals surface area contributed by atoms with E-state index in [4.69, 9.17) is 0 Å². The number of tetrazole rings is 1. The van der Waals surface area contributed by atoms with Crippen molar-refractivity contribution in [3.05, 3.63) is 28.8 Å². The van der Waals surface area contributed by atoms with Crippen molar-refractivity contribution in [3.63, 3.8) is 0 Å². The largest absolute Gasteiger partial charge is 0.417 e. The highest BCUT2D eigenvalue weighted by atomic mass is 32.2. The van der Waals surface area contributed by atoms with E-state index >= 15 is 0 Å². The minimum absolute atomic E-state index is 0.190. The van der Waals surface area contributed by atoms with Crippen LogP contribution in [0.4, 0.5) is 39.5 Å².